The van der Waals surface area contributed by atoms with Crippen LogP contribution in [-0.2, 0) is 36.9 Å². The summed E-state index contributed by atoms with van der Waals surface area (Å²) in [5.41, 5.74) is 2.38. The molecule has 5 nitrogen and oxygen atoms in total. The van der Waals surface area contributed by atoms with E-state index in [4.69, 9.17) is 4.74 Å². The lowest BCUT2D eigenvalue weighted by atomic mass is 9.99. The molecule has 1 aromatic rings. The Morgan fingerprint density at radius 3 is 1.35 bits per heavy atom. The highest BCUT2D eigenvalue weighted by Crippen LogP contribution is 2.12. The maximum Gasteiger partial charge on any atom is 0.308 e. The standard InChI is InChI=1S/C15H22O2.C12H22O2.C9H18O.C2H6/c1-11(2)9-13-5-7-14(8-6-13)10-17-15(16)12(3)4;1-9(2)5-6-11(13)7-8-12(14)10(3)4;1-7(2)5-6-9(10)8(3)4;1-2/h5-8,11-12H,9-10H2,1-4H3;9-10H,5-8H2,1-4H3;7-8H,5-6H2,1-4H3;1-2H3. The second-order valence-electron chi connectivity index (χ2n) is 13.3. The quantitative estimate of drug-likeness (QED) is 0.175. The minimum atomic E-state index is -0.142. The molecule has 0 spiro atoms. The molecule has 0 N–H and O–H groups in total. The summed E-state index contributed by atoms with van der Waals surface area (Å²) in [5, 5.41) is 0. The van der Waals surface area contributed by atoms with Crippen LogP contribution < -0.4 is 0 Å². The molecule has 0 aromatic heterocycles. The molecule has 0 aliphatic heterocycles. The van der Waals surface area contributed by atoms with Crippen molar-refractivity contribution >= 4 is 23.3 Å². The molecule has 0 radical (unpaired) electrons. The fraction of sp³-hybridized carbons (Fsp3) is 0.737. The Morgan fingerprint density at radius 2 is 0.953 bits per heavy atom. The normalized spacial score (nSPS) is 10.6. The summed E-state index contributed by atoms with van der Waals surface area (Å²) in [5.74, 6) is 2.80. The van der Waals surface area contributed by atoms with E-state index in [1.165, 1.54) is 5.56 Å². The zero-order chi connectivity index (χ0) is 34.1. The van der Waals surface area contributed by atoms with Gasteiger partial charge in [-0.15, -0.1) is 0 Å². The molecular weight excluding hydrogens is 536 g/mol. The lowest BCUT2D eigenvalue weighted by molar-refractivity contribution is -0.148. The van der Waals surface area contributed by atoms with Crippen LogP contribution in [0.2, 0.25) is 0 Å². The molecule has 250 valence electrons. The summed E-state index contributed by atoms with van der Waals surface area (Å²) in [6.07, 6.45) is 5.31. The average molecular weight is 605 g/mol. The number of ketones is 3. The predicted molar refractivity (Wildman–Crippen MR) is 183 cm³/mol. The number of hydrogen-bond donors (Lipinski definition) is 0. The Labute approximate surface area is 266 Å². The molecule has 0 bridgehead atoms. The van der Waals surface area contributed by atoms with Gasteiger partial charge in [0, 0.05) is 37.5 Å². The third-order valence-electron chi connectivity index (χ3n) is 6.43. The van der Waals surface area contributed by atoms with Crippen LogP contribution in [0.5, 0.6) is 0 Å². The Bertz CT molecular complexity index is 861. The Kier molecular flexibility index (Phi) is 28.6. The summed E-state index contributed by atoms with van der Waals surface area (Å²) in [7, 11) is 0. The number of ether oxygens (including phenoxy) is 1. The minimum absolute atomic E-state index is 0.0600. The van der Waals surface area contributed by atoms with E-state index in [1.807, 2.05) is 67.5 Å². The number of esters is 1. The zero-order valence-corrected chi connectivity index (χ0v) is 30.5. The largest absolute Gasteiger partial charge is 0.461 e. The van der Waals surface area contributed by atoms with Crippen LogP contribution in [0, 0.1) is 35.5 Å². The van der Waals surface area contributed by atoms with E-state index in [1.54, 1.807) is 0 Å². The molecule has 0 atom stereocenters. The first-order valence-electron chi connectivity index (χ1n) is 16.8. The second-order valence-corrected chi connectivity index (χ2v) is 13.3. The molecule has 43 heavy (non-hydrogen) atoms. The van der Waals surface area contributed by atoms with Crippen molar-refractivity contribution < 1.29 is 23.9 Å². The lowest BCUT2D eigenvalue weighted by Gasteiger charge is -2.08. The number of Topliss-reactive ketones (excluding diaryl/α,β-unsaturated/α-hetero) is 3. The third kappa shape index (κ3) is 29.5. The first-order valence-corrected chi connectivity index (χ1v) is 16.8. The number of carbonyl (C=O) groups excluding carboxylic acids is 4. The molecule has 0 aliphatic rings. The monoisotopic (exact) mass is 605 g/mol. The van der Waals surface area contributed by atoms with Gasteiger partial charge in [-0.2, -0.15) is 0 Å². The van der Waals surface area contributed by atoms with Crippen LogP contribution in [0.1, 0.15) is 147 Å². The van der Waals surface area contributed by atoms with Gasteiger partial charge in [0.05, 0.1) is 5.92 Å². The smallest absolute Gasteiger partial charge is 0.308 e. The minimum Gasteiger partial charge on any atom is -0.461 e. The van der Waals surface area contributed by atoms with Crippen molar-refractivity contribution in [2.24, 2.45) is 35.5 Å². The van der Waals surface area contributed by atoms with E-state index in [-0.39, 0.29) is 35.3 Å². The molecule has 0 fully saturated rings. The second kappa shape index (κ2) is 27.3. The third-order valence-corrected chi connectivity index (χ3v) is 6.43. The van der Waals surface area contributed by atoms with Crippen LogP contribution in [-0.4, -0.2) is 23.3 Å². The molecule has 0 aliphatic carbocycles. The zero-order valence-electron chi connectivity index (χ0n) is 30.5. The Balaban J connectivity index is -0.000000560. The number of hydrogen-bond acceptors (Lipinski definition) is 5. The van der Waals surface area contributed by atoms with Crippen molar-refractivity contribution in [1.29, 1.82) is 0 Å². The van der Waals surface area contributed by atoms with Gasteiger partial charge in [-0.1, -0.05) is 121 Å². The van der Waals surface area contributed by atoms with Gasteiger partial charge in [0.15, 0.2) is 0 Å². The van der Waals surface area contributed by atoms with Crippen molar-refractivity contribution in [3.8, 4) is 0 Å². The maximum atomic E-state index is 11.3. The predicted octanol–water partition coefficient (Wildman–Crippen LogP) is 10.3. The van der Waals surface area contributed by atoms with Crippen LogP contribution in [0.25, 0.3) is 0 Å². The summed E-state index contributed by atoms with van der Waals surface area (Å²) in [6.45, 7) is 28.6. The van der Waals surface area contributed by atoms with Gasteiger partial charge < -0.3 is 4.74 Å². The van der Waals surface area contributed by atoms with Crippen LogP contribution >= 0.6 is 0 Å². The van der Waals surface area contributed by atoms with E-state index in [0.29, 0.717) is 49.4 Å². The van der Waals surface area contributed by atoms with E-state index < -0.39 is 0 Å². The van der Waals surface area contributed by atoms with Crippen molar-refractivity contribution in [1.82, 2.24) is 0 Å². The molecular formula is C38H68O5. The van der Waals surface area contributed by atoms with Gasteiger partial charge in [-0.3, -0.25) is 19.2 Å². The lowest BCUT2D eigenvalue weighted by Crippen LogP contribution is -2.11. The number of carbonyl (C=O) groups is 4. The summed E-state index contributed by atoms with van der Waals surface area (Å²) in [6, 6.07) is 8.29. The van der Waals surface area contributed by atoms with E-state index in [2.05, 4.69) is 53.7 Å². The highest BCUT2D eigenvalue weighted by Gasteiger charge is 2.11. The fourth-order valence-corrected chi connectivity index (χ4v) is 3.41. The molecule has 0 unspecified atom stereocenters. The molecule has 1 rings (SSSR count). The van der Waals surface area contributed by atoms with E-state index in [9.17, 15) is 19.2 Å². The van der Waals surface area contributed by atoms with E-state index >= 15 is 0 Å². The van der Waals surface area contributed by atoms with Crippen molar-refractivity contribution in [3.63, 3.8) is 0 Å². The summed E-state index contributed by atoms with van der Waals surface area (Å²) >= 11 is 0. The SMILES string of the molecule is CC.CC(C)CCC(=O)C(C)C.CC(C)CCC(=O)CCC(=O)C(C)C.CC(C)Cc1ccc(COC(=O)C(C)C)cc1. The van der Waals surface area contributed by atoms with Crippen LogP contribution in [0.3, 0.4) is 0 Å². The summed E-state index contributed by atoms with van der Waals surface area (Å²) in [4.78, 5) is 44.9. The first-order chi connectivity index (χ1) is 20.0. The average Bonchev–Trinajstić information content (AvgIpc) is 2.94. The van der Waals surface area contributed by atoms with Crippen molar-refractivity contribution in [3.05, 3.63) is 35.4 Å². The first kappa shape index (κ1) is 45.1. The van der Waals surface area contributed by atoms with Gasteiger partial charge in [0.2, 0.25) is 0 Å². The number of rotatable bonds is 16. The molecule has 0 saturated heterocycles. The van der Waals surface area contributed by atoms with Gasteiger partial charge in [0.25, 0.3) is 0 Å². The highest BCUT2D eigenvalue weighted by atomic mass is 16.5. The van der Waals surface area contributed by atoms with Crippen molar-refractivity contribution in [2.75, 3.05) is 0 Å². The molecule has 0 amide bonds. The van der Waals surface area contributed by atoms with Gasteiger partial charge in [-0.25, -0.2) is 0 Å². The van der Waals surface area contributed by atoms with Crippen LogP contribution in [0.4, 0.5) is 0 Å². The maximum absolute atomic E-state index is 11.3. The molecule has 1 aromatic carbocycles. The Morgan fingerprint density at radius 1 is 0.535 bits per heavy atom. The number of benzene rings is 1. The molecule has 0 heterocycles. The fourth-order valence-electron chi connectivity index (χ4n) is 3.41. The topological polar surface area (TPSA) is 77.5 Å². The summed E-state index contributed by atoms with van der Waals surface area (Å²) < 4.78 is 5.17. The molecule has 0 saturated carbocycles. The van der Waals surface area contributed by atoms with Crippen molar-refractivity contribution in [2.45, 2.75) is 148 Å². The highest BCUT2D eigenvalue weighted by molar-refractivity contribution is 5.86. The van der Waals surface area contributed by atoms with E-state index in [0.717, 1.165) is 31.2 Å². The van der Waals surface area contributed by atoms with Crippen LogP contribution in [0.15, 0.2) is 24.3 Å². The van der Waals surface area contributed by atoms with Gasteiger partial charge >= 0.3 is 5.97 Å². The van der Waals surface area contributed by atoms with Gasteiger partial charge in [0.1, 0.15) is 24.0 Å². The van der Waals surface area contributed by atoms with Gasteiger partial charge in [-0.05, 0) is 48.1 Å². The Hall–Kier alpha value is -2.30. The molecule has 5 heteroatoms.